The van der Waals surface area contributed by atoms with Crippen molar-refractivity contribution in [3.63, 3.8) is 0 Å². The molecule has 0 N–H and O–H groups in total. The molecule has 0 saturated carbocycles. The molecule has 0 heterocycles. The van der Waals surface area contributed by atoms with E-state index in [2.05, 4.69) is 15.9 Å². The van der Waals surface area contributed by atoms with Gasteiger partial charge in [0.15, 0.2) is 0 Å². The van der Waals surface area contributed by atoms with Crippen molar-refractivity contribution < 1.29 is 4.79 Å². The normalized spacial score (nSPS) is 11.5. The van der Waals surface area contributed by atoms with E-state index in [0.29, 0.717) is 5.02 Å². The third kappa shape index (κ3) is 2.96. The second kappa shape index (κ2) is 5.32. The molecule has 1 aromatic rings. The van der Waals surface area contributed by atoms with Gasteiger partial charge in [-0.25, -0.2) is 0 Å². The maximum absolute atomic E-state index is 10.6. The third-order valence-electron chi connectivity index (χ3n) is 1.86. The quantitative estimate of drug-likeness (QED) is 0.599. The molecule has 0 unspecified atom stereocenters. The molecular weight excluding hydrogens is 263 g/mol. The smallest absolute Gasteiger partial charge is 0.146 e. The maximum Gasteiger partial charge on any atom is 0.146 e. The van der Waals surface area contributed by atoms with E-state index >= 15 is 0 Å². The molecule has 1 rings (SSSR count). The number of carbonyl (C=O) groups excluding carboxylic acids is 1. The fourth-order valence-corrected chi connectivity index (χ4v) is 1.83. The van der Waals surface area contributed by atoms with Crippen molar-refractivity contribution >= 4 is 39.9 Å². The molecule has 0 aliphatic heterocycles. The van der Waals surface area contributed by atoms with Gasteiger partial charge in [0.25, 0.3) is 0 Å². The standard InChI is InChI=1S/C11H10BrClO/c1-2-8(7-14)5-9-3-4-10(13)6-11(9)12/h3-7H,2H2,1H3. The van der Waals surface area contributed by atoms with Crippen LogP contribution in [0.5, 0.6) is 0 Å². The number of hydrogen-bond donors (Lipinski definition) is 0. The number of allylic oxidation sites excluding steroid dienone is 1. The minimum atomic E-state index is 0.679. The molecule has 0 amide bonds. The highest BCUT2D eigenvalue weighted by Gasteiger charge is 1.99. The predicted octanol–water partition coefficient (Wildman–Crippen LogP) is 4.09. The first kappa shape index (κ1) is 11.5. The van der Waals surface area contributed by atoms with Gasteiger partial charge in [-0.15, -0.1) is 0 Å². The Labute approximate surface area is 96.9 Å². The molecule has 3 heteroatoms. The number of carbonyl (C=O) groups is 1. The van der Waals surface area contributed by atoms with Gasteiger partial charge < -0.3 is 0 Å². The summed E-state index contributed by atoms with van der Waals surface area (Å²) in [6.07, 6.45) is 3.47. The zero-order chi connectivity index (χ0) is 10.6. The van der Waals surface area contributed by atoms with Gasteiger partial charge in [0.1, 0.15) is 6.29 Å². The van der Waals surface area contributed by atoms with E-state index in [-0.39, 0.29) is 0 Å². The summed E-state index contributed by atoms with van der Waals surface area (Å²) in [6.45, 7) is 1.95. The lowest BCUT2D eigenvalue weighted by molar-refractivity contribution is -0.104. The summed E-state index contributed by atoms with van der Waals surface area (Å²) >= 11 is 9.19. The number of halogens is 2. The molecule has 0 aliphatic carbocycles. The third-order valence-corrected chi connectivity index (χ3v) is 2.78. The first-order valence-electron chi connectivity index (χ1n) is 4.28. The molecule has 0 aromatic heterocycles. The van der Waals surface area contributed by atoms with E-state index in [1.165, 1.54) is 0 Å². The van der Waals surface area contributed by atoms with Crippen LogP contribution in [0.1, 0.15) is 18.9 Å². The molecule has 74 valence electrons. The summed E-state index contributed by atoms with van der Waals surface area (Å²) in [5.74, 6) is 0. The monoisotopic (exact) mass is 272 g/mol. The zero-order valence-electron chi connectivity index (χ0n) is 7.76. The largest absolute Gasteiger partial charge is 0.298 e. The highest BCUT2D eigenvalue weighted by molar-refractivity contribution is 9.10. The Balaban J connectivity index is 3.08. The van der Waals surface area contributed by atoms with Gasteiger partial charge in [-0.3, -0.25) is 4.79 Å². The van der Waals surface area contributed by atoms with E-state index in [0.717, 1.165) is 28.3 Å². The molecule has 0 fully saturated rings. The van der Waals surface area contributed by atoms with Crippen LogP contribution in [0, 0.1) is 0 Å². The summed E-state index contributed by atoms with van der Waals surface area (Å²) in [7, 11) is 0. The molecule has 1 aromatic carbocycles. The fraction of sp³-hybridized carbons (Fsp3) is 0.182. The minimum Gasteiger partial charge on any atom is -0.298 e. The van der Waals surface area contributed by atoms with Crippen molar-refractivity contribution in [1.29, 1.82) is 0 Å². The molecule has 1 nitrogen and oxygen atoms in total. The number of hydrogen-bond acceptors (Lipinski definition) is 1. The van der Waals surface area contributed by atoms with Crippen LogP contribution >= 0.6 is 27.5 Å². The van der Waals surface area contributed by atoms with E-state index < -0.39 is 0 Å². The summed E-state index contributed by atoms with van der Waals surface area (Å²) < 4.78 is 0.901. The van der Waals surface area contributed by atoms with Crippen molar-refractivity contribution in [2.24, 2.45) is 0 Å². The van der Waals surface area contributed by atoms with Gasteiger partial charge >= 0.3 is 0 Å². The molecule has 0 saturated heterocycles. The Morgan fingerprint density at radius 2 is 2.29 bits per heavy atom. The Hall–Kier alpha value is -0.600. The Morgan fingerprint density at radius 1 is 1.57 bits per heavy atom. The van der Waals surface area contributed by atoms with Crippen LogP contribution in [0.15, 0.2) is 28.2 Å². The number of rotatable bonds is 3. The lowest BCUT2D eigenvalue weighted by Gasteiger charge is -2.00. The molecule has 0 bridgehead atoms. The summed E-state index contributed by atoms with van der Waals surface area (Å²) in [5, 5.41) is 0.679. The molecule has 0 spiro atoms. The molecule has 0 radical (unpaired) electrons. The van der Waals surface area contributed by atoms with Crippen LogP contribution in [0.25, 0.3) is 6.08 Å². The van der Waals surface area contributed by atoms with Gasteiger partial charge in [-0.05, 0) is 35.8 Å². The Morgan fingerprint density at radius 3 is 2.79 bits per heavy atom. The number of aldehydes is 1. The minimum absolute atomic E-state index is 0.679. The average molecular weight is 274 g/mol. The van der Waals surface area contributed by atoms with Gasteiger partial charge in [-0.2, -0.15) is 0 Å². The first-order chi connectivity index (χ1) is 6.67. The topological polar surface area (TPSA) is 17.1 Å². The summed E-state index contributed by atoms with van der Waals surface area (Å²) in [5.41, 5.74) is 1.74. The van der Waals surface area contributed by atoms with E-state index in [1.54, 1.807) is 6.07 Å². The van der Waals surface area contributed by atoms with Crippen LogP contribution in [-0.4, -0.2) is 6.29 Å². The second-order valence-electron chi connectivity index (χ2n) is 2.86. The molecule has 0 atom stereocenters. The Kier molecular flexibility index (Phi) is 4.36. The Bertz CT molecular complexity index is 372. The zero-order valence-corrected chi connectivity index (χ0v) is 10.1. The van der Waals surface area contributed by atoms with Gasteiger partial charge in [0.2, 0.25) is 0 Å². The predicted molar refractivity (Wildman–Crippen MR) is 63.5 cm³/mol. The van der Waals surface area contributed by atoms with Crippen LogP contribution in [0.4, 0.5) is 0 Å². The van der Waals surface area contributed by atoms with Crippen molar-refractivity contribution in [2.75, 3.05) is 0 Å². The van der Waals surface area contributed by atoms with Crippen molar-refractivity contribution in [1.82, 2.24) is 0 Å². The highest BCUT2D eigenvalue weighted by atomic mass is 79.9. The molecule has 0 aliphatic rings. The van der Waals surface area contributed by atoms with Crippen molar-refractivity contribution in [2.45, 2.75) is 13.3 Å². The van der Waals surface area contributed by atoms with Crippen LogP contribution in [-0.2, 0) is 4.79 Å². The maximum atomic E-state index is 10.6. The number of benzene rings is 1. The van der Waals surface area contributed by atoms with Gasteiger partial charge in [-0.1, -0.05) is 40.5 Å². The van der Waals surface area contributed by atoms with Crippen LogP contribution in [0.2, 0.25) is 5.02 Å². The fourth-order valence-electron chi connectivity index (χ4n) is 1.04. The lowest BCUT2D eigenvalue weighted by Crippen LogP contribution is -1.83. The summed E-state index contributed by atoms with van der Waals surface area (Å²) in [6, 6.07) is 5.49. The van der Waals surface area contributed by atoms with Crippen molar-refractivity contribution in [3.8, 4) is 0 Å². The van der Waals surface area contributed by atoms with E-state index in [4.69, 9.17) is 11.6 Å². The first-order valence-corrected chi connectivity index (χ1v) is 5.45. The van der Waals surface area contributed by atoms with E-state index in [1.807, 2.05) is 25.1 Å². The highest BCUT2D eigenvalue weighted by Crippen LogP contribution is 2.23. The molecular formula is C11H10BrClO. The van der Waals surface area contributed by atoms with Crippen LogP contribution < -0.4 is 0 Å². The summed E-state index contributed by atoms with van der Waals surface area (Å²) in [4.78, 5) is 10.6. The molecule has 14 heavy (non-hydrogen) atoms. The van der Waals surface area contributed by atoms with Crippen LogP contribution in [0.3, 0.4) is 0 Å². The lowest BCUT2D eigenvalue weighted by atomic mass is 10.1. The van der Waals surface area contributed by atoms with E-state index in [9.17, 15) is 4.79 Å². The van der Waals surface area contributed by atoms with Gasteiger partial charge in [0, 0.05) is 9.50 Å². The average Bonchev–Trinajstić information content (AvgIpc) is 2.17. The second-order valence-corrected chi connectivity index (χ2v) is 4.15. The SMILES string of the molecule is CCC(C=O)=Cc1ccc(Cl)cc1Br. The van der Waals surface area contributed by atoms with Crippen molar-refractivity contribution in [3.05, 3.63) is 38.8 Å². The van der Waals surface area contributed by atoms with Gasteiger partial charge in [0.05, 0.1) is 0 Å².